The van der Waals surface area contributed by atoms with Crippen molar-refractivity contribution in [1.29, 1.82) is 0 Å². The summed E-state index contributed by atoms with van der Waals surface area (Å²) in [6, 6.07) is 2.03. The molecule has 1 aliphatic heterocycles. The van der Waals surface area contributed by atoms with Crippen molar-refractivity contribution in [1.82, 2.24) is 0 Å². The Morgan fingerprint density at radius 3 is 2.81 bits per heavy atom. The zero-order chi connectivity index (χ0) is 11.5. The van der Waals surface area contributed by atoms with Crippen LogP contribution in [0.5, 0.6) is 11.5 Å². The van der Waals surface area contributed by atoms with Gasteiger partial charge in [-0.15, -0.1) is 0 Å². The highest BCUT2D eigenvalue weighted by Crippen LogP contribution is 2.38. The molecule has 3 nitrogen and oxygen atoms in total. The van der Waals surface area contributed by atoms with Gasteiger partial charge in [0, 0.05) is 12.1 Å². The van der Waals surface area contributed by atoms with Crippen LogP contribution in [0.25, 0.3) is 6.08 Å². The average Bonchev–Trinajstić information content (AvgIpc) is 2.30. The molecule has 1 aromatic carbocycles. The van der Waals surface area contributed by atoms with Crippen molar-refractivity contribution < 1.29 is 9.47 Å². The molecule has 0 saturated carbocycles. The van der Waals surface area contributed by atoms with Crippen LogP contribution < -0.4 is 15.2 Å². The second kappa shape index (κ2) is 4.58. The van der Waals surface area contributed by atoms with Gasteiger partial charge in [-0.3, -0.25) is 0 Å². The smallest absolute Gasteiger partial charge is 0.168 e. The maximum Gasteiger partial charge on any atom is 0.168 e. The fourth-order valence-corrected chi connectivity index (χ4v) is 1.82. The van der Waals surface area contributed by atoms with E-state index in [1.165, 1.54) is 11.1 Å². The third-order valence-corrected chi connectivity index (χ3v) is 2.82. The minimum atomic E-state index is 0.531. The maximum absolute atomic E-state index is 5.67. The van der Waals surface area contributed by atoms with E-state index in [-0.39, 0.29) is 0 Å². The highest BCUT2D eigenvalue weighted by Gasteiger charge is 2.17. The van der Waals surface area contributed by atoms with E-state index in [9.17, 15) is 0 Å². The van der Waals surface area contributed by atoms with Crippen molar-refractivity contribution in [2.24, 2.45) is 5.73 Å². The summed E-state index contributed by atoms with van der Waals surface area (Å²) in [6.45, 7) is 5.93. The number of rotatable bonds is 2. The first-order valence-electron chi connectivity index (χ1n) is 5.50. The third-order valence-electron chi connectivity index (χ3n) is 2.82. The molecule has 3 heteroatoms. The lowest BCUT2D eigenvalue weighted by Crippen LogP contribution is -2.16. The summed E-state index contributed by atoms with van der Waals surface area (Å²) in [5.41, 5.74) is 8.99. The molecule has 16 heavy (non-hydrogen) atoms. The van der Waals surface area contributed by atoms with Crippen LogP contribution >= 0.6 is 0 Å². The second-order valence-corrected chi connectivity index (χ2v) is 3.89. The minimum Gasteiger partial charge on any atom is -0.486 e. The summed E-state index contributed by atoms with van der Waals surface area (Å²) in [5, 5.41) is 0. The molecular weight excluding hydrogens is 202 g/mol. The third kappa shape index (κ3) is 1.91. The van der Waals surface area contributed by atoms with Gasteiger partial charge in [0.25, 0.3) is 0 Å². The summed E-state index contributed by atoms with van der Waals surface area (Å²) in [5.74, 6) is 1.69. The molecule has 0 saturated heterocycles. The Bertz CT molecular complexity index is 424. The number of aryl methyl sites for hydroxylation is 1. The molecule has 2 rings (SSSR count). The zero-order valence-electron chi connectivity index (χ0n) is 9.75. The van der Waals surface area contributed by atoms with Crippen molar-refractivity contribution >= 4 is 6.08 Å². The van der Waals surface area contributed by atoms with E-state index in [0.717, 1.165) is 17.1 Å². The lowest BCUT2D eigenvalue weighted by molar-refractivity contribution is 0.171. The number of fused-ring (bicyclic) bond motifs is 1. The van der Waals surface area contributed by atoms with Crippen LogP contribution in [0.2, 0.25) is 0 Å². The van der Waals surface area contributed by atoms with Gasteiger partial charge in [0.1, 0.15) is 13.2 Å². The quantitative estimate of drug-likeness (QED) is 0.828. The van der Waals surface area contributed by atoms with Gasteiger partial charge in [0.2, 0.25) is 0 Å². The van der Waals surface area contributed by atoms with E-state index in [4.69, 9.17) is 15.2 Å². The number of benzene rings is 1. The SMILES string of the molecule is Cc1cc2c(c(/C=C/CN)c1C)OCCO2. The molecule has 0 unspecified atom stereocenters. The first-order valence-corrected chi connectivity index (χ1v) is 5.50. The Kier molecular flexibility index (Phi) is 3.15. The normalized spacial score (nSPS) is 14.4. The highest BCUT2D eigenvalue weighted by molar-refractivity contribution is 5.67. The molecule has 1 aliphatic rings. The van der Waals surface area contributed by atoms with Crippen LogP contribution in [-0.4, -0.2) is 19.8 Å². The van der Waals surface area contributed by atoms with Crippen LogP contribution in [0.4, 0.5) is 0 Å². The van der Waals surface area contributed by atoms with Crippen LogP contribution in [0, 0.1) is 13.8 Å². The lowest BCUT2D eigenvalue weighted by atomic mass is 10.0. The molecule has 1 heterocycles. The molecule has 0 bridgehead atoms. The predicted molar refractivity (Wildman–Crippen MR) is 65.0 cm³/mol. The van der Waals surface area contributed by atoms with Crippen LogP contribution in [0.3, 0.4) is 0 Å². The average molecular weight is 219 g/mol. The fraction of sp³-hybridized carbons (Fsp3) is 0.385. The number of ether oxygens (including phenoxy) is 2. The van der Waals surface area contributed by atoms with E-state index >= 15 is 0 Å². The van der Waals surface area contributed by atoms with Gasteiger partial charge in [-0.1, -0.05) is 12.2 Å². The number of hydrogen-bond donors (Lipinski definition) is 1. The molecule has 86 valence electrons. The maximum atomic E-state index is 5.67. The molecule has 0 atom stereocenters. The van der Waals surface area contributed by atoms with E-state index in [1.807, 2.05) is 18.2 Å². The highest BCUT2D eigenvalue weighted by atomic mass is 16.6. The molecule has 0 radical (unpaired) electrons. The second-order valence-electron chi connectivity index (χ2n) is 3.89. The molecule has 2 N–H and O–H groups in total. The molecule has 0 spiro atoms. The summed E-state index contributed by atoms with van der Waals surface area (Å²) < 4.78 is 11.3. The summed E-state index contributed by atoms with van der Waals surface area (Å²) in [7, 11) is 0. The van der Waals surface area contributed by atoms with Crippen molar-refractivity contribution in [2.75, 3.05) is 19.8 Å². The van der Waals surface area contributed by atoms with Crippen LogP contribution in [0.1, 0.15) is 16.7 Å². The fourth-order valence-electron chi connectivity index (χ4n) is 1.82. The zero-order valence-corrected chi connectivity index (χ0v) is 9.75. The molecule has 0 amide bonds. The first-order chi connectivity index (χ1) is 7.74. The molecule has 0 aromatic heterocycles. The summed E-state index contributed by atoms with van der Waals surface area (Å²) in [4.78, 5) is 0. The first kappa shape index (κ1) is 11.0. The van der Waals surface area contributed by atoms with Crippen LogP contribution in [0.15, 0.2) is 12.1 Å². The minimum absolute atomic E-state index is 0.531. The predicted octanol–water partition coefficient (Wildman–Crippen LogP) is 2.05. The Morgan fingerprint density at radius 2 is 2.06 bits per heavy atom. The molecule has 0 fully saturated rings. The topological polar surface area (TPSA) is 44.5 Å². The number of nitrogens with two attached hydrogens (primary N) is 1. The van der Waals surface area contributed by atoms with E-state index in [0.29, 0.717) is 19.8 Å². The van der Waals surface area contributed by atoms with E-state index in [2.05, 4.69) is 13.8 Å². The Hall–Kier alpha value is -1.48. The molecular formula is C13H17NO2. The van der Waals surface area contributed by atoms with Gasteiger partial charge < -0.3 is 15.2 Å². The number of hydrogen-bond acceptors (Lipinski definition) is 3. The van der Waals surface area contributed by atoms with Gasteiger partial charge in [0.15, 0.2) is 11.5 Å². The van der Waals surface area contributed by atoms with Crippen molar-refractivity contribution in [2.45, 2.75) is 13.8 Å². The van der Waals surface area contributed by atoms with Crippen molar-refractivity contribution in [3.63, 3.8) is 0 Å². The van der Waals surface area contributed by atoms with E-state index < -0.39 is 0 Å². The van der Waals surface area contributed by atoms with Crippen LogP contribution in [-0.2, 0) is 0 Å². The summed E-state index contributed by atoms with van der Waals surface area (Å²) >= 11 is 0. The van der Waals surface area contributed by atoms with Gasteiger partial charge in [-0.2, -0.15) is 0 Å². The molecule has 1 aromatic rings. The Balaban J connectivity index is 2.54. The lowest BCUT2D eigenvalue weighted by Gasteiger charge is -2.22. The standard InChI is InChI=1S/C13H17NO2/c1-9-8-12-13(16-7-6-15-12)11(10(9)2)4-3-5-14/h3-4,8H,5-7,14H2,1-2H3/b4-3+. The van der Waals surface area contributed by atoms with Gasteiger partial charge in [-0.05, 0) is 31.0 Å². The van der Waals surface area contributed by atoms with Gasteiger partial charge >= 0.3 is 0 Å². The molecule has 0 aliphatic carbocycles. The van der Waals surface area contributed by atoms with Gasteiger partial charge in [-0.25, -0.2) is 0 Å². The van der Waals surface area contributed by atoms with E-state index in [1.54, 1.807) is 0 Å². The largest absolute Gasteiger partial charge is 0.486 e. The van der Waals surface area contributed by atoms with Crippen molar-refractivity contribution in [3.8, 4) is 11.5 Å². The summed E-state index contributed by atoms with van der Waals surface area (Å²) in [6.07, 6.45) is 3.94. The monoisotopic (exact) mass is 219 g/mol. The van der Waals surface area contributed by atoms with Gasteiger partial charge in [0.05, 0.1) is 0 Å². The Morgan fingerprint density at radius 1 is 1.31 bits per heavy atom. The Labute approximate surface area is 95.9 Å². The van der Waals surface area contributed by atoms with Crippen molar-refractivity contribution in [3.05, 3.63) is 28.8 Å².